The van der Waals surface area contributed by atoms with Crippen LogP contribution in [0.3, 0.4) is 0 Å². The average molecular weight is 449 g/mol. The topological polar surface area (TPSA) is 98.1 Å². The Bertz CT molecular complexity index is 1070. The fourth-order valence-electron chi connectivity index (χ4n) is 2.54. The van der Waals surface area contributed by atoms with Crippen LogP contribution in [0.15, 0.2) is 42.0 Å². The Morgan fingerprint density at radius 3 is 2.65 bits per heavy atom. The minimum Gasteiger partial charge on any atom is -0.417 e. The number of ether oxygens (including phenoxy) is 1. The molecule has 11 heteroatoms. The van der Waals surface area contributed by atoms with Gasteiger partial charge in [0.15, 0.2) is 5.13 Å². The monoisotopic (exact) mass is 449 g/mol. The second kappa shape index (κ2) is 9.21. The highest BCUT2D eigenvalue weighted by atomic mass is 32.1. The van der Waals surface area contributed by atoms with Gasteiger partial charge in [-0.3, -0.25) is 9.59 Å². The third-order valence-electron chi connectivity index (χ3n) is 4.09. The Labute approximate surface area is 181 Å². The van der Waals surface area contributed by atoms with E-state index in [1.165, 1.54) is 12.1 Å². The molecular weight excluding hydrogens is 428 g/mol. The summed E-state index contributed by atoms with van der Waals surface area (Å²) in [7, 11) is 0. The standard InChI is InChI=1S/C20H21F2N5O3S/c1-20(2,3)27-8-7-12(10-27)17(29)23-9-15(28)26-19-25-14(11-31-19)13-5-4-6-16(24-13)30-18(21)22/h4-8,10-11,18H,9H2,1-3H3,(H,23,29)(H,25,26,28). The Morgan fingerprint density at radius 1 is 1.19 bits per heavy atom. The molecule has 2 N–H and O–H groups in total. The van der Waals surface area contributed by atoms with E-state index in [0.717, 1.165) is 11.3 Å². The van der Waals surface area contributed by atoms with Crippen LogP contribution in [0.5, 0.6) is 5.88 Å². The zero-order chi connectivity index (χ0) is 22.6. The molecule has 31 heavy (non-hydrogen) atoms. The smallest absolute Gasteiger partial charge is 0.388 e. The van der Waals surface area contributed by atoms with Crippen molar-refractivity contribution in [2.75, 3.05) is 11.9 Å². The van der Waals surface area contributed by atoms with E-state index >= 15 is 0 Å². The lowest BCUT2D eigenvalue weighted by Crippen LogP contribution is -2.32. The van der Waals surface area contributed by atoms with Crippen LogP contribution in [0, 0.1) is 0 Å². The zero-order valence-corrected chi connectivity index (χ0v) is 17.9. The number of aromatic nitrogens is 3. The molecule has 2 amide bonds. The first-order chi connectivity index (χ1) is 14.6. The number of hydrogen-bond donors (Lipinski definition) is 2. The van der Waals surface area contributed by atoms with E-state index in [4.69, 9.17) is 0 Å². The molecule has 0 aromatic carbocycles. The van der Waals surface area contributed by atoms with Crippen molar-refractivity contribution in [1.82, 2.24) is 19.9 Å². The number of nitrogens with zero attached hydrogens (tertiary/aromatic N) is 3. The maximum absolute atomic E-state index is 12.3. The maximum Gasteiger partial charge on any atom is 0.388 e. The number of amides is 2. The summed E-state index contributed by atoms with van der Waals surface area (Å²) < 4.78 is 30.9. The van der Waals surface area contributed by atoms with E-state index in [1.54, 1.807) is 23.7 Å². The van der Waals surface area contributed by atoms with Crippen molar-refractivity contribution in [3.8, 4) is 17.3 Å². The Kier molecular flexibility index (Phi) is 6.64. The van der Waals surface area contributed by atoms with Crippen molar-refractivity contribution >= 4 is 28.3 Å². The first-order valence-corrected chi connectivity index (χ1v) is 10.1. The minimum atomic E-state index is -2.98. The van der Waals surface area contributed by atoms with Crippen molar-refractivity contribution < 1.29 is 23.1 Å². The lowest BCUT2D eigenvalue weighted by Gasteiger charge is -2.20. The average Bonchev–Trinajstić information content (AvgIpc) is 3.35. The van der Waals surface area contributed by atoms with Crippen LogP contribution in [0.25, 0.3) is 11.4 Å². The summed E-state index contributed by atoms with van der Waals surface area (Å²) in [4.78, 5) is 32.6. The lowest BCUT2D eigenvalue weighted by molar-refractivity contribution is -0.115. The molecule has 3 aromatic rings. The van der Waals surface area contributed by atoms with E-state index in [2.05, 4.69) is 25.3 Å². The number of carbonyl (C=O) groups excluding carboxylic acids is 2. The van der Waals surface area contributed by atoms with Gasteiger partial charge < -0.3 is 19.9 Å². The van der Waals surface area contributed by atoms with Crippen molar-refractivity contribution in [3.63, 3.8) is 0 Å². The summed E-state index contributed by atoms with van der Waals surface area (Å²) in [6, 6.07) is 6.09. The van der Waals surface area contributed by atoms with Gasteiger partial charge in [0.2, 0.25) is 11.8 Å². The maximum atomic E-state index is 12.3. The van der Waals surface area contributed by atoms with Gasteiger partial charge >= 0.3 is 6.61 Å². The summed E-state index contributed by atoms with van der Waals surface area (Å²) >= 11 is 1.14. The van der Waals surface area contributed by atoms with E-state index in [-0.39, 0.29) is 29.0 Å². The molecule has 0 spiro atoms. The molecule has 0 bridgehead atoms. The number of alkyl halides is 2. The van der Waals surface area contributed by atoms with Crippen molar-refractivity contribution in [1.29, 1.82) is 0 Å². The molecule has 0 atom stereocenters. The van der Waals surface area contributed by atoms with Gasteiger partial charge in [-0.2, -0.15) is 8.78 Å². The number of rotatable bonds is 7. The van der Waals surface area contributed by atoms with Gasteiger partial charge in [0, 0.05) is 29.4 Å². The van der Waals surface area contributed by atoms with Gasteiger partial charge in [-0.25, -0.2) is 9.97 Å². The number of anilines is 1. The molecule has 0 fully saturated rings. The van der Waals surface area contributed by atoms with Crippen LogP contribution >= 0.6 is 11.3 Å². The van der Waals surface area contributed by atoms with Crippen LogP contribution in [0.2, 0.25) is 0 Å². The second-order valence-electron chi connectivity index (χ2n) is 7.49. The third-order valence-corrected chi connectivity index (χ3v) is 4.84. The predicted octanol–water partition coefficient (Wildman–Crippen LogP) is 3.73. The van der Waals surface area contributed by atoms with Crippen LogP contribution < -0.4 is 15.4 Å². The van der Waals surface area contributed by atoms with E-state index in [0.29, 0.717) is 17.0 Å². The van der Waals surface area contributed by atoms with Crippen molar-refractivity contribution in [2.45, 2.75) is 32.9 Å². The highest BCUT2D eigenvalue weighted by molar-refractivity contribution is 7.14. The van der Waals surface area contributed by atoms with Crippen LogP contribution in [0.1, 0.15) is 31.1 Å². The molecule has 164 valence electrons. The Balaban J connectivity index is 1.55. The minimum absolute atomic E-state index is 0.154. The molecule has 3 rings (SSSR count). The quantitative estimate of drug-likeness (QED) is 0.573. The fraction of sp³-hybridized carbons (Fsp3) is 0.300. The molecule has 0 aliphatic rings. The molecule has 0 radical (unpaired) electrons. The Morgan fingerprint density at radius 2 is 1.97 bits per heavy atom. The largest absolute Gasteiger partial charge is 0.417 e. The molecule has 8 nitrogen and oxygen atoms in total. The molecule has 3 aromatic heterocycles. The zero-order valence-electron chi connectivity index (χ0n) is 17.1. The molecule has 0 unspecified atom stereocenters. The van der Waals surface area contributed by atoms with Gasteiger partial charge in [0.25, 0.3) is 5.91 Å². The summed E-state index contributed by atoms with van der Waals surface area (Å²) in [5, 5.41) is 7.06. The van der Waals surface area contributed by atoms with Crippen LogP contribution in [0.4, 0.5) is 13.9 Å². The van der Waals surface area contributed by atoms with E-state index in [9.17, 15) is 18.4 Å². The van der Waals surface area contributed by atoms with Crippen LogP contribution in [-0.4, -0.2) is 39.5 Å². The predicted molar refractivity (Wildman–Crippen MR) is 112 cm³/mol. The SMILES string of the molecule is CC(C)(C)n1ccc(C(=O)NCC(=O)Nc2nc(-c3cccc(OC(F)F)n3)cs2)c1. The molecular formula is C20H21F2N5O3S. The summed E-state index contributed by atoms with van der Waals surface area (Å²) in [5.41, 5.74) is 1.02. The first-order valence-electron chi connectivity index (χ1n) is 9.26. The molecule has 0 saturated heterocycles. The molecule has 3 heterocycles. The number of hydrogen-bond acceptors (Lipinski definition) is 6. The van der Waals surface area contributed by atoms with E-state index in [1.807, 2.05) is 31.5 Å². The molecule has 0 saturated carbocycles. The van der Waals surface area contributed by atoms with Crippen molar-refractivity contribution in [3.05, 3.63) is 47.6 Å². The van der Waals surface area contributed by atoms with Gasteiger partial charge in [-0.05, 0) is 32.9 Å². The van der Waals surface area contributed by atoms with Gasteiger partial charge in [0.1, 0.15) is 5.69 Å². The summed E-state index contributed by atoms with van der Waals surface area (Å²) in [6.45, 7) is 2.84. The Hall–Kier alpha value is -3.34. The normalized spacial score (nSPS) is 11.4. The number of thiazole rings is 1. The summed E-state index contributed by atoms with van der Waals surface area (Å²) in [6.07, 6.45) is 3.53. The number of carbonyl (C=O) groups is 2. The lowest BCUT2D eigenvalue weighted by atomic mass is 10.1. The number of pyridine rings is 1. The van der Waals surface area contributed by atoms with Crippen molar-refractivity contribution in [2.24, 2.45) is 0 Å². The second-order valence-corrected chi connectivity index (χ2v) is 8.34. The molecule has 0 aliphatic carbocycles. The van der Waals surface area contributed by atoms with E-state index < -0.39 is 12.5 Å². The van der Waals surface area contributed by atoms with Gasteiger partial charge in [-0.1, -0.05) is 6.07 Å². The third kappa shape index (κ3) is 6.07. The van der Waals surface area contributed by atoms with Crippen LogP contribution in [-0.2, 0) is 10.3 Å². The fourth-order valence-corrected chi connectivity index (χ4v) is 3.26. The summed E-state index contributed by atoms with van der Waals surface area (Å²) in [5.74, 6) is -1.04. The first kappa shape index (κ1) is 22.3. The van der Waals surface area contributed by atoms with Gasteiger partial charge in [0.05, 0.1) is 17.8 Å². The molecule has 0 aliphatic heterocycles. The highest BCUT2D eigenvalue weighted by Crippen LogP contribution is 2.25. The number of halogens is 2. The highest BCUT2D eigenvalue weighted by Gasteiger charge is 2.16. The number of nitrogens with one attached hydrogen (secondary N) is 2. The van der Waals surface area contributed by atoms with Gasteiger partial charge in [-0.15, -0.1) is 11.3 Å².